The molecule has 0 radical (unpaired) electrons. The number of carbonyl (C=O) groups excluding carboxylic acids is 1. The summed E-state index contributed by atoms with van der Waals surface area (Å²) < 4.78 is 3.26. The highest BCUT2D eigenvalue weighted by Gasteiger charge is 2.34. The number of ether oxygens (including phenoxy) is 1. The second-order valence-electron chi connectivity index (χ2n) is 2.74. The van der Waals surface area contributed by atoms with E-state index in [9.17, 15) is 4.79 Å². The van der Waals surface area contributed by atoms with Gasteiger partial charge >= 0.3 is 5.97 Å². The van der Waals surface area contributed by atoms with Gasteiger partial charge in [-0.1, -0.05) is 47.5 Å². The van der Waals surface area contributed by atoms with E-state index in [1.54, 1.807) is 0 Å². The van der Waals surface area contributed by atoms with E-state index in [1.807, 2.05) is 0 Å². The third kappa shape index (κ3) is 4.89. The molecule has 0 aromatic carbocycles. The van der Waals surface area contributed by atoms with Crippen LogP contribution >= 0.6 is 34.8 Å². The molecule has 0 saturated heterocycles. The summed E-state index contributed by atoms with van der Waals surface area (Å²) in [6.07, 6.45) is 0.947. The van der Waals surface area contributed by atoms with Crippen molar-refractivity contribution in [2.45, 2.75) is 23.2 Å². The van der Waals surface area contributed by atoms with Crippen molar-refractivity contribution >= 4 is 40.8 Å². The highest BCUT2D eigenvalue weighted by Crippen LogP contribution is 2.34. The summed E-state index contributed by atoms with van der Waals surface area (Å²) in [5.74, 6) is -0.580. The minimum Gasteiger partial charge on any atom is -0.454 e. The fraction of sp³-hybridized carbons (Fsp3) is 0.444. The largest absolute Gasteiger partial charge is 0.454 e. The minimum absolute atomic E-state index is 0.258. The Hall–Kier alpha value is -0.180. The van der Waals surface area contributed by atoms with Crippen molar-refractivity contribution in [3.8, 4) is 0 Å². The third-order valence-electron chi connectivity index (χ3n) is 1.34. The Morgan fingerprint density at radius 1 is 1.57 bits per heavy atom. The molecule has 0 spiro atoms. The van der Waals surface area contributed by atoms with Gasteiger partial charge in [-0.05, 0) is 6.92 Å². The van der Waals surface area contributed by atoms with Gasteiger partial charge in [0.25, 0.3) is 0 Å². The first-order chi connectivity index (χ1) is 6.29. The molecule has 0 bridgehead atoms. The van der Waals surface area contributed by atoms with E-state index < -0.39 is 15.9 Å². The Kier molecular flexibility index (Phi) is 5.57. The molecule has 5 heteroatoms. The summed E-state index contributed by atoms with van der Waals surface area (Å²) in [5.41, 5.74) is 0.258. The van der Waals surface area contributed by atoms with Crippen LogP contribution in [0.25, 0.3) is 0 Å². The SMILES string of the molecule is C=CCC(OC(=O)C(=C)C)C(Cl)(Cl)Cl. The Labute approximate surface area is 98.5 Å². The van der Waals surface area contributed by atoms with Gasteiger partial charge in [0.05, 0.1) is 0 Å². The standard InChI is InChI=1S/C9H11Cl3O2/c1-4-5-7(9(10,11)12)14-8(13)6(2)3/h4,7H,1-2,5H2,3H3. The normalized spacial score (nSPS) is 13.1. The van der Waals surface area contributed by atoms with Crippen LogP contribution in [0, 0.1) is 0 Å². The van der Waals surface area contributed by atoms with Crippen LogP contribution in [0.1, 0.15) is 13.3 Å². The molecule has 0 saturated carbocycles. The van der Waals surface area contributed by atoms with Crippen molar-refractivity contribution in [3.05, 3.63) is 24.8 Å². The number of halogens is 3. The first kappa shape index (κ1) is 13.8. The van der Waals surface area contributed by atoms with E-state index >= 15 is 0 Å². The molecule has 0 fully saturated rings. The van der Waals surface area contributed by atoms with Crippen LogP contribution < -0.4 is 0 Å². The number of esters is 1. The lowest BCUT2D eigenvalue weighted by Gasteiger charge is -2.23. The van der Waals surface area contributed by atoms with Gasteiger partial charge in [0.15, 0.2) is 6.10 Å². The van der Waals surface area contributed by atoms with Gasteiger partial charge in [0.2, 0.25) is 3.79 Å². The summed E-state index contributed by atoms with van der Waals surface area (Å²) in [7, 11) is 0. The molecule has 0 rings (SSSR count). The first-order valence-electron chi connectivity index (χ1n) is 3.83. The average molecular weight is 258 g/mol. The highest BCUT2D eigenvalue weighted by atomic mass is 35.6. The summed E-state index contributed by atoms with van der Waals surface area (Å²) in [6.45, 7) is 8.42. The lowest BCUT2D eigenvalue weighted by molar-refractivity contribution is -0.143. The molecule has 0 amide bonds. The van der Waals surface area contributed by atoms with Crippen LogP contribution in [-0.2, 0) is 9.53 Å². The fourth-order valence-corrected chi connectivity index (χ4v) is 1.03. The van der Waals surface area contributed by atoms with Crippen molar-refractivity contribution in [3.63, 3.8) is 0 Å². The molecule has 1 atom stereocenters. The minimum atomic E-state index is -1.65. The Morgan fingerprint density at radius 2 is 2.07 bits per heavy atom. The number of carbonyl (C=O) groups is 1. The van der Waals surface area contributed by atoms with Crippen molar-refractivity contribution in [2.75, 3.05) is 0 Å². The van der Waals surface area contributed by atoms with Crippen LogP contribution in [0.2, 0.25) is 0 Å². The zero-order chi connectivity index (χ0) is 11.4. The second-order valence-corrected chi connectivity index (χ2v) is 5.11. The number of rotatable bonds is 4. The van der Waals surface area contributed by atoms with Crippen molar-refractivity contribution < 1.29 is 9.53 Å². The van der Waals surface area contributed by atoms with Crippen LogP contribution in [0.15, 0.2) is 24.8 Å². The van der Waals surface area contributed by atoms with Gasteiger partial charge in [-0.25, -0.2) is 4.79 Å². The van der Waals surface area contributed by atoms with E-state index in [1.165, 1.54) is 13.0 Å². The molecule has 80 valence electrons. The van der Waals surface area contributed by atoms with Crippen LogP contribution in [0.5, 0.6) is 0 Å². The molecular weight excluding hydrogens is 246 g/mol. The molecule has 0 aromatic heterocycles. The Bertz CT molecular complexity index is 243. The number of alkyl halides is 3. The van der Waals surface area contributed by atoms with Crippen LogP contribution in [0.4, 0.5) is 0 Å². The molecule has 0 N–H and O–H groups in total. The maximum atomic E-state index is 11.1. The topological polar surface area (TPSA) is 26.3 Å². The molecule has 0 heterocycles. The van der Waals surface area contributed by atoms with Gasteiger partial charge in [0, 0.05) is 12.0 Å². The van der Waals surface area contributed by atoms with E-state index in [-0.39, 0.29) is 12.0 Å². The third-order valence-corrected chi connectivity index (χ3v) is 2.07. The smallest absolute Gasteiger partial charge is 0.333 e. The monoisotopic (exact) mass is 256 g/mol. The maximum Gasteiger partial charge on any atom is 0.333 e. The molecule has 2 nitrogen and oxygen atoms in total. The lowest BCUT2D eigenvalue weighted by Crippen LogP contribution is -2.31. The van der Waals surface area contributed by atoms with Crippen molar-refractivity contribution in [2.24, 2.45) is 0 Å². The predicted molar refractivity (Wildman–Crippen MR) is 59.8 cm³/mol. The summed E-state index contributed by atoms with van der Waals surface area (Å²) in [6, 6.07) is 0. The molecule has 0 aliphatic carbocycles. The van der Waals surface area contributed by atoms with Gasteiger partial charge < -0.3 is 4.74 Å². The predicted octanol–water partition coefficient (Wildman–Crippen LogP) is 3.42. The van der Waals surface area contributed by atoms with Crippen molar-refractivity contribution in [1.82, 2.24) is 0 Å². The molecule has 0 aliphatic rings. The van der Waals surface area contributed by atoms with E-state index in [4.69, 9.17) is 39.5 Å². The molecule has 0 aromatic rings. The summed E-state index contributed by atoms with van der Waals surface area (Å²) in [4.78, 5) is 11.1. The van der Waals surface area contributed by atoms with E-state index in [0.29, 0.717) is 0 Å². The first-order valence-corrected chi connectivity index (χ1v) is 4.96. The number of hydrogen-bond acceptors (Lipinski definition) is 2. The van der Waals surface area contributed by atoms with Crippen molar-refractivity contribution in [1.29, 1.82) is 0 Å². The van der Waals surface area contributed by atoms with Gasteiger partial charge in [-0.2, -0.15) is 0 Å². The van der Waals surface area contributed by atoms with Crippen LogP contribution in [-0.4, -0.2) is 15.9 Å². The zero-order valence-corrected chi connectivity index (χ0v) is 9.99. The molecule has 14 heavy (non-hydrogen) atoms. The van der Waals surface area contributed by atoms with Gasteiger partial charge in [-0.15, -0.1) is 6.58 Å². The fourth-order valence-electron chi connectivity index (χ4n) is 0.630. The maximum absolute atomic E-state index is 11.1. The van der Waals surface area contributed by atoms with Gasteiger partial charge in [0.1, 0.15) is 0 Å². The second kappa shape index (κ2) is 5.64. The highest BCUT2D eigenvalue weighted by molar-refractivity contribution is 6.68. The summed E-state index contributed by atoms with van der Waals surface area (Å²) >= 11 is 16.8. The lowest BCUT2D eigenvalue weighted by atomic mass is 10.2. The van der Waals surface area contributed by atoms with E-state index in [2.05, 4.69) is 13.2 Å². The zero-order valence-electron chi connectivity index (χ0n) is 7.73. The quantitative estimate of drug-likeness (QED) is 0.334. The summed E-state index contributed by atoms with van der Waals surface area (Å²) in [5, 5.41) is 0. The van der Waals surface area contributed by atoms with Gasteiger partial charge in [-0.3, -0.25) is 0 Å². The van der Waals surface area contributed by atoms with Crippen LogP contribution in [0.3, 0.4) is 0 Å². The molecule has 0 aliphatic heterocycles. The van der Waals surface area contributed by atoms with E-state index in [0.717, 1.165) is 0 Å². The molecular formula is C9H11Cl3O2. The Balaban J connectivity index is 4.46. The Morgan fingerprint density at radius 3 is 2.36 bits per heavy atom. The number of hydrogen-bond donors (Lipinski definition) is 0. The average Bonchev–Trinajstić information content (AvgIpc) is 2.01. The molecule has 1 unspecified atom stereocenters.